The number of carbonyl (C=O) groups is 1. The van der Waals surface area contributed by atoms with Gasteiger partial charge in [-0.1, -0.05) is 0 Å². The van der Waals surface area contributed by atoms with Gasteiger partial charge in [0.25, 0.3) is 0 Å². The number of anilines is 1. The Morgan fingerprint density at radius 1 is 1.50 bits per heavy atom. The lowest BCUT2D eigenvalue weighted by molar-refractivity contribution is -0.129. The Balaban J connectivity index is 1.81. The smallest absolute Gasteiger partial charge is 0.224 e. The summed E-state index contributed by atoms with van der Waals surface area (Å²) in [6.45, 7) is 2.31. The Kier molecular flexibility index (Phi) is 4.13. The molecule has 2 rings (SSSR count). The molecule has 0 unspecified atom stereocenters. The van der Waals surface area contributed by atoms with Crippen molar-refractivity contribution in [3.05, 3.63) is 24.0 Å². The van der Waals surface area contributed by atoms with Gasteiger partial charge in [0.2, 0.25) is 5.91 Å². The molecule has 1 aliphatic heterocycles. The Bertz CT molecular complexity index is 460. The van der Waals surface area contributed by atoms with Crippen LogP contribution in [0.1, 0.15) is 24.8 Å². The number of hydrogen-bond acceptors (Lipinski definition) is 4. The van der Waals surface area contributed by atoms with Crippen LogP contribution in [0.2, 0.25) is 0 Å². The van der Waals surface area contributed by atoms with Crippen LogP contribution >= 0.6 is 0 Å². The molecular weight excluding hydrogens is 228 g/mol. The summed E-state index contributed by atoms with van der Waals surface area (Å²) < 4.78 is 0. The van der Waals surface area contributed by atoms with Crippen molar-refractivity contribution in [3.8, 4) is 6.07 Å². The van der Waals surface area contributed by atoms with E-state index in [-0.39, 0.29) is 5.91 Å². The molecular formula is C13H16N4O. The number of carbonyl (C=O) groups excluding carboxylic acids is 1. The lowest BCUT2D eigenvalue weighted by Crippen LogP contribution is -2.29. The highest BCUT2D eigenvalue weighted by Gasteiger charge is 2.17. The first kappa shape index (κ1) is 12.4. The molecule has 0 bridgehead atoms. The number of amides is 1. The van der Waals surface area contributed by atoms with Crippen molar-refractivity contribution >= 4 is 11.6 Å². The Labute approximate surface area is 106 Å². The molecule has 0 aliphatic carbocycles. The van der Waals surface area contributed by atoms with Crippen LogP contribution < -0.4 is 5.32 Å². The van der Waals surface area contributed by atoms with Gasteiger partial charge in [-0.05, 0) is 18.9 Å². The van der Waals surface area contributed by atoms with E-state index in [9.17, 15) is 4.79 Å². The molecule has 1 aliphatic rings. The second-order valence-electron chi connectivity index (χ2n) is 4.30. The lowest BCUT2D eigenvalue weighted by atomic mass is 10.2. The van der Waals surface area contributed by atoms with Gasteiger partial charge in [0.15, 0.2) is 0 Å². The highest BCUT2D eigenvalue weighted by atomic mass is 16.2. The van der Waals surface area contributed by atoms with Crippen molar-refractivity contribution in [1.29, 1.82) is 5.26 Å². The normalized spacial score (nSPS) is 14.3. The van der Waals surface area contributed by atoms with E-state index in [1.807, 2.05) is 4.90 Å². The minimum Gasteiger partial charge on any atom is -0.382 e. The summed E-state index contributed by atoms with van der Waals surface area (Å²) >= 11 is 0. The highest BCUT2D eigenvalue weighted by molar-refractivity contribution is 5.77. The van der Waals surface area contributed by atoms with Crippen LogP contribution in [0.4, 0.5) is 5.69 Å². The van der Waals surface area contributed by atoms with Gasteiger partial charge in [0.1, 0.15) is 6.07 Å². The average molecular weight is 244 g/mol. The number of nitrogens with one attached hydrogen (secondary N) is 1. The van der Waals surface area contributed by atoms with Crippen LogP contribution in [0, 0.1) is 11.3 Å². The number of nitrogens with zero attached hydrogens (tertiary/aromatic N) is 3. The second-order valence-corrected chi connectivity index (χ2v) is 4.30. The quantitative estimate of drug-likeness (QED) is 0.868. The van der Waals surface area contributed by atoms with Crippen molar-refractivity contribution in [1.82, 2.24) is 9.88 Å². The van der Waals surface area contributed by atoms with Crippen LogP contribution in [0.15, 0.2) is 18.5 Å². The van der Waals surface area contributed by atoms with E-state index in [1.54, 1.807) is 18.5 Å². The van der Waals surface area contributed by atoms with Gasteiger partial charge in [0, 0.05) is 32.3 Å². The fourth-order valence-corrected chi connectivity index (χ4v) is 2.06. The molecule has 0 saturated carbocycles. The number of pyridine rings is 1. The molecule has 0 radical (unpaired) electrons. The molecule has 0 spiro atoms. The number of nitriles is 1. The number of hydrogen-bond donors (Lipinski definition) is 1. The molecule has 1 aromatic rings. The third-order valence-electron chi connectivity index (χ3n) is 3.05. The van der Waals surface area contributed by atoms with Gasteiger partial charge in [-0.15, -0.1) is 0 Å². The van der Waals surface area contributed by atoms with Crippen molar-refractivity contribution < 1.29 is 4.79 Å². The topological polar surface area (TPSA) is 69.0 Å². The van der Waals surface area contributed by atoms with E-state index in [2.05, 4.69) is 16.4 Å². The van der Waals surface area contributed by atoms with E-state index in [0.717, 1.165) is 25.9 Å². The van der Waals surface area contributed by atoms with Crippen LogP contribution in [0.5, 0.6) is 0 Å². The molecule has 18 heavy (non-hydrogen) atoms. The van der Waals surface area contributed by atoms with Gasteiger partial charge in [-0.25, -0.2) is 0 Å². The summed E-state index contributed by atoms with van der Waals surface area (Å²) in [7, 11) is 0. The van der Waals surface area contributed by atoms with E-state index >= 15 is 0 Å². The average Bonchev–Trinajstić information content (AvgIpc) is 2.93. The van der Waals surface area contributed by atoms with Gasteiger partial charge < -0.3 is 10.2 Å². The maximum Gasteiger partial charge on any atom is 0.224 e. The molecule has 5 nitrogen and oxygen atoms in total. The minimum atomic E-state index is 0.183. The Hall–Kier alpha value is -2.09. The summed E-state index contributed by atoms with van der Waals surface area (Å²) in [6.07, 6.45) is 5.87. The highest BCUT2D eigenvalue weighted by Crippen LogP contribution is 2.12. The zero-order valence-corrected chi connectivity index (χ0v) is 10.2. The summed E-state index contributed by atoms with van der Waals surface area (Å²) in [5.41, 5.74) is 1.24. The van der Waals surface area contributed by atoms with Crippen LogP contribution in [-0.4, -0.2) is 35.4 Å². The molecule has 94 valence electrons. The molecule has 1 saturated heterocycles. The molecule has 1 N–H and O–H groups in total. The largest absolute Gasteiger partial charge is 0.382 e. The molecule has 5 heteroatoms. The van der Waals surface area contributed by atoms with E-state index in [1.165, 1.54) is 0 Å². The lowest BCUT2D eigenvalue weighted by Gasteiger charge is -2.15. The molecule has 1 aromatic heterocycles. The first-order valence-corrected chi connectivity index (χ1v) is 6.17. The maximum atomic E-state index is 11.8. The third-order valence-corrected chi connectivity index (χ3v) is 3.05. The van der Waals surface area contributed by atoms with Crippen molar-refractivity contribution in [2.45, 2.75) is 19.3 Å². The SMILES string of the molecule is N#Cc1ccncc1NCCC(=O)N1CCCC1. The fourth-order valence-electron chi connectivity index (χ4n) is 2.06. The predicted octanol–water partition coefficient (Wildman–Crippen LogP) is 1.38. The number of likely N-dealkylation sites (tertiary alicyclic amines) is 1. The van der Waals surface area contributed by atoms with Gasteiger partial charge >= 0.3 is 0 Å². The Morgan fingerprint density at radius 2 is 2.28 bits per heavy atom. The van der Waals surface area contributed by atoms with Crippen LogP contribution in [0.3, 0.4) is 0 Å². The fraction of sp³-hybridized carbons (Fsp3) is 0.462. The zero-order valence-electron chi connectivity index (χ0n) is 10.2. The van der Waals surface area contributed by atoms with Crippen molar-refractivity contribution in [3.63, 3.8) is 0 Å². The van der Waals surface area contributed by atoms with Crippen LogP contribution in [-0.2, 0) is 4.79 Å². The van der Waals surface area contributed by atoms with E-state index in [0.29, 0.717) is 24.2 Å². The van der Waals surface area contributed by atoms with Gasteiger partial charge in [-0.3, -0.25) is 9.78 Å². The first-order valence-electron chi connectivity index (χ1n) is 6.17. The summed E-state index contributed by atoms with van der Waals surface area (Å²) in [5, 5.41) is 12.0. The zero-order chi connectivity index (χ0) is 12.8. The van der Waals surface area contributed by atoms with Crippen LogP contribution in [0.25, 0.3) is 0 Å². The third kappa shape index (κ3) is 2.98. The standard InChI is InChI=1S/C13H16N4O/c14-9-11-3-5-15-10-12(11)16-6-4-13(18)17-7-1-2-8-17/h3,5,10,16H,1-2,4,6-8H2. The second kappa shape index (κ2) is 6.01. The minimum absolute atomic E-state index is 0.183. The molecule has 0 aromatic carbocycles. The monoisotopic (exact) mass is 244 g/mol. The first-order chi connectivity index (χ1) is 8.81. The maximum absolute atomic E-state index is 11.8. The summed E-state index contributed by atoms with van der Waals surface area (Å²) in [4.78, 5) is 17.7. The summed E-state index contributed by atoms with van der Waals surface area (Å²) in [6, 6.07) is 3.75. The molecule has 1 amide bonds. The predicted molar refractivity (Wildman–Crippen MR) is 67.9 cm³/mol. The Morgan fingerprint density at radius 3 is 3.00 bits per heavy atom. The van der Waals surface area contributed by atoms with Gasteiger partial charge in [-0.2, -0.15) is 5.26 Å². The number of rotatable bonds is 4. The summed E-state index contributed by atoms with van der Waals surface area (Å²) in [5.74, 6) is 0.183. The van der Waals surface area contributed by atoms with Gasteiger partial charge in [0.05, 0.1) is 17.4 Å². The van der Waals surface area contributed by atoms with E-state index in [4.69, 9.17) is 5.26 Å². The molecule has 0 atom stereocenters. The number of aromatic nitrogens is 1. The molecule has 2 heterocycles. The van der Waals surface area contributed by atoms with Crippen molar-refractivity contribution in [2.24, 2.45) is 0 Å². The van der Waals surface area contributed by atoms with E-state index < -0.39 is 0 Å². The molecule has 1 fully saturated rings. The van der Waals surface area contributed by atoms with Crippen molar-refractivity contribution in [2.75, 3.05) is 25.0 Å².